The maximum atomic E-state index is 12.7. The summed E-state index contributed by atoms with van der Waals surface area (Å²) in [5.41, 5.74) is 2.14. The van der Waals surface area contributed by atoms with Crippen molar-refractivity contribution in [3.63, 3.8) is 0 Å². The van der Waals surface area contributed by atoms with Crippen molar-refractivity contribution in [1.82, 2.24) is 14.5 Å². The highest BCUT2D eigenvalue weighted by Gasteiger charge is 2.21. The summed E-state index contributed by atoms with van der Waals surface area (Å²) in [5, 5.41) is 3.35. The highest BCUT2D eigenvalue weighted by molar-refractivity contribution is 5.85. The highest BCUT2D eigenvalue weighted by atomic mass is 35.5. The Hall–Kier alpha value is -1.30. The summed E-state index contributed by atoms with van der Waals surface area (Å²) in [6.45, 7) is 3.12. The van der Waals surface area contributed by atoms with Crippen LogP contribution in [-0.2, 0) is 11.3 Å². The van der Waals surface area contributed by atoms with Crippen molar-refractivity contribution in [2.75, 3.05) is 26.8 Å². The first-order valence-electron chi connectivity index (χ1n) is 7.22. The first-order valence-corrected chi connectivity index (χ1v) is 7.22. The molecule has 1 aromatic heterocycles. The molecule has 3 rings (SSSR count). The maximum absolute atomic E-state index is 12.7. The number of hydrogen-bond donors (Lipinski definition) is 1. The molecule has 116 valence electrons. The molecule has 1 aromatic carbocycles. The molecule has 1 fully saturated rings. The van der Waals surface area contributed by atoms with E-state index >= 15 is 0 Å². The zero-order chi connectivity index (χ0) is 13.9. The monoisotopic (exact) mass is 311 g/mol. The van der Waals surface area contributed by atoms with Gasteiger partial charge >= 0.3 is 5.69 Å². The Bertz CT molecular complexity index is 644. The van der Waals surface area contributed by atoms with E-state index in [-0.39, 0.29) is 18.1 Å². The maximum Gasteiger partial charge on any atom is 0.329 e. The average Bonchev–Trinajstić information content (AvgIpc) is 2.78. The number of fused-ring (bicyclic) bond motifs is 1. The van der Waals surface area contributed by atoms with E-state index in [2.05, 4.69) is 5.32 Å². The molecule has 0 amide bonds. The Kier molecular flexibility index (Phi) is 5.45. The van der Waals surface area contributed by atoms with Crippen LogP contribution in [0, 0.1) is 0 Å². The van der Waals surface area contributed by atoms with Gasteiger partial charge in [0.2, 0.25) is 0 Å². The minimum atomic E-state index is 0. The molecule has 0 spiro atoms. The minimum Gasteiger partial charge on any atom is -0.383 e. The molecule has 2 heterocycles. The summed E-state index contributed by atoms with van der Waals surface area (Å²) >= 11 is 0. The van der Waals surface area contributed by atoms with E-state index < -0.39 is 0 Å². The van der Waals surface area contributed by atoms with Crippen LogP contribution in [0.2, 0.25) is 0 Å². The predicted molar refractivity (Wildman–Crippen MR) is 86.5 cm³/mol. The molecule has 1 N–H and O–H groups in total. The van der Waals surface area contributed by atoms with Crippen molar-refractivity contribution in [3.05, 3.63) is 34.7 Å². The van der Waals surface area contributed by atoms with Gasteiger partial charge in [-0.1, -0.05) is 12.1 Å². The van der Waals surface area contributed by atoms with E-state index in [9.17, 15) is 4.79 Å². The van der Waals surface area contributed by atoms with E-state index in [0.717, 1.165) is 37.0 Å². The topological polar surface area (TPSA) is 48.2 Å². The third-order valence-corrected chi connectivity index (χ3v) is 4.06. The third-order valence-electron chi connectivity index (χ3n) is 4.06. The predicted octanol–water partition coefficient (Wildman–Crippen LogP) is 1.80. The summed E-state index contributed by atoms with van der Waals surface area (Å²) in [6.07, 6.45) is 2.02. The number of ether oxygens (including phenoxy) is 1. The van der Waals surface area contributed by atoms with E-state index in [4.69, 9.17) is 4.74 Å². The van der Waals surface area contributed by atoms with E-state index in [1.54, 1.807) is 7.11 Å². The van der Waals surface area contributed by atoms with Crippen LogP contribution in [0.5, 0.6) is 0 Å². The van der Waals surface area contributed by atoms with Crippen LogP contribution in [0.3, 0.4) is 0 Å². The van der Waals surface area contributed by atoms with Gasteiger partial charge in [0.25, 0.3) is 0 Å². The lowest BCUT2D eigenvalue weighted by Gasteiger charge is -2.23. The van der Waals surface area contributed by atoms with Gasteiger partial charge in [0.05, 0.1) is 24.2 Å². The average molecular weight is 312 g/mol. The van der Waals surface area contributed by atoms with Crippen molar-refractivity contribution in [2.45, 2.75) is 25.4 Å². The molecule has 0 saturated carbocycles. The Balaban J connectivity index is 0.00000161. The van der Waals surface area contributed by atoms with Crippen molar-refractivity contribution in [2.24, 2.45) is 0 Å². The van der Waals surface area contributed by atoms with Crippen LogP contribution in [0.4, 0.5) is 0 Å². The Morgan fingerprint density at radius 2 is 1.90 bits per heavy atom. The second-order valence-electron chi connectivity index (χ2n) is 5.27. The van der Waals surface area contributed by atoms with E-state index in [1.807, 2.05) is 33.4 Å². The fourth-order valence-corrected chi connectivity index (χ4v) is 3.05. The van der Waals surface area contributed by atoms with Gasteiger partial charge in [-0.25, -0.2) is 4.79 Å². The lowest BCUT2D eigenvalue weighted by Crippen LogP contribution is -2.35. The summed E-state index contributed by atoms with van der Waals surface area (Å²) in [7, 11) is 1.66. The lowest BCUT2D eigenvalue weighted by atomic mass is 10.1. The largest absolute Gasteiger partial charge is 0.383 e. The van der Waals surface area contributed by atoms with E-state index in [1.165, 1.54) is 0 Å². The number of halogens is 1. The van der Waals surface area contributed by atoms with Gasteiger partial charge in [-0.15, -0.1) is 12.4 Å². The van der Waals surface area contributed by atoms with Crippen LogP contribution < -0.4 is 11.0 Å². The second kappa shape index (κ2) is 7.11. The van der Waals surface area contributed by atoms with Crippen LogP contribution in [0.1, 0.15) is 18.9 Å². The molecule has 0 radical (unpaired) electrons. The van der Waals surface area contributed by atoms with Crippen molar-refractivity contribution in [3.8, 4) is 0 Å². The minimum absolute atomic E-state index is 0. The van der Waals surface area contributed by atoms with Crippen LogP contribution in [0.25, 0.3) is 11.0 Å². The first kappa shape index (κ1) is 16.1. The Labute approximate surface area is 130 Å². The van der Waals surface area contributed by atoms with E-state index in [0.29, 0.717) is 19.2 Å². The van der Waals surface area contributed by atoms with Crippen LogP contribution >= 0.6 is 12.4 Å². The van der Waals surface area contributed by atoms with Crippen molar-refractivity contribution < 1.29 is 4.74 Å². The Morgan fingerprint density at radius 3 is 2.57 bits per heavy atom. The summed E-state index contributed by atoms with van der Waals surface area (Å²) in [6, 6.07) is 8.35. The number of aromatic nitrogens is 2. The van der Waals surface area contributed by atoms with Crippen molar-refractivity contribution in [1.29, 1.82) is 0 Å². The van der Waals surface area contributed by atoms with Crippen LogP contribution in [-0.4, -0.2) is 35.9 Å². The highest BCUT2D eigenvalue weighted by Crippen LogP contribution is 2.23. The number of para-hydroxylation sites is 2. The number of imidazole rings is 1. The van der Waals surface area contributed by atoms with Gasteiger partial charge in [-0.3, -0.25) is 9.13 Å². The normalized spacial score (nSPS) is 16.0. The molecule has 0 bridgehead atoms. The molecule has 0 unspecified atom stereocenters. The molecule has 1 aliphatic heterocycles. The SMILES string of the molecule is COCCn1c(=O)n(C2CCNCC2)c2ccccc21.Cl. The van der Waals surface area contributed by atoms with Gasteiger partial charge < -0.3 is 10.1 Å². The number of nitrogens with zero attached hydrogens (tertiary/aromatic N) is 2. The molecule has 6 heteroatoms. The number of benzene rings is 1. The zero-order valence-corrected chi connectivity index (χ0v) is 13.1. The smallest absolute Gasteiger partial charge is 0.329 e. The quantitative estimate of drug-likeness (QED) is 0.936. The molecule has 1 aliphatic rings. The van der Waals surface area contributed by atoms with Gasteiger partial charge in [-0.2, -0.15) is 0 Å². The van der Waals surface area contributed by atoms with Gasteiger partial charge in [-0.05, 0) is 38.1 Å². The number of hydrogen-bond acceptors (Lipinski definition) is 3. The summed E-state index contributed by atoms with van der Waals surface area (Å²) < 4.78 is 8.94. The number of methoxy groups -OCH3 is 1. The molecule has 1 saturated heterocycles. The molecule has 5 nitrogen and oxygen atoms in total. The third kappa shape index (κ3) is 3.00. The summed E-state index contributed by atoms with van der Waals surface area (Å²) in [5.74, 6) is 0. The molecule has 0 aliphatic carbocycles. The van der Waals surface area contributed by atoms with Gasteiger partial charge in [0.15, 0.2) is 0 Å². The zero-order valence-electron chi connectivity index (χ0n) is 12.2. The standard InChI is InChI=1S/C15H21N3O2.ClH/c1-20-11-10-17-13-4-2-3-5-14(13)18(15(17)19)12-6-8-16-9-7-12;/h2-5,12,16H,6-11H2,1H3;1H. The Morgan fingerprint density at radius 1 is 1.24 bits per heavy atom. The fraction of sp³-hybridized carbons (Fsp3) is 0.533. The number of nitrogens with one attached hydrogen (secondary N) is 1. The first-order chi connectivity index (χ1) is 9.83. The molecule has 21 heavy (non-hydrogen) atoms. The number of rotatable bonds is 4. The molecule has 0 atom stereocenters. The summed E-state index contributed by atoms with van der Waals surface area (Å²) in [4.78, 5) is 12.7. The molecular formula is C15H22ClN3O2. The lowest BCUT2D eigenvalue weighted by molar-refractivity contribution is 0.186. The van der Waals surface area contributed by atoms with Gasteiger partial charge in [0, 0.05) is 13.2 Å². The molecule has 2 aromatic rings. The fourth-order valence-electron chi connectivity index (χ4n) is 3.05. The molecular weight excluding hydrogens is 290 g/mol. The van der Waals surface area contributed by atoms with Gasteiger partial charge in [0.1, 0.15) is 0 Å². The number of piperidine rings is 1. The van der Waals surface area contributed by atoms with Crippen molar-refractivity contribution >= 4 is 23.4 Å². The second-order valence-corrected chi connectivity index (χ2v) is 5.27. The van der Waals surface area contributed by atoms with Crippen LogP contribution in [0.15, 0.2) is 29.1 Å².